The van der Waals surface area contributed by atoms with E-state index >= 15 is 0 Å². The van der Waals surface area contributed by atoms with E-state index in [9.17, 15) is 0 Å². The van der Waals surface area contributed by atoms with Crippen LogP contribution in [0, 0.1) is 0 Å². The fraction of sp³-hybridized carbons (Fsp3) is 0.727. The van der Waals surface area contributed by atoms with Crippen molar-refractivity contribution in [3.8, 4) is 0 Å². The molecule has 0 amide bonds. The zero-order valence-corrected chi connectivity index (χ0v) is 9.27. The van der Waals surface area contributed by atoms with E-state index in [0.29, 0.717) is 11.6 Å². The van der Waals surface area contributed by atoms with Gasteiger partial charge in [0.05, 0.1) is 6.33 Å². The van der Waals surface area contributed by atoms with Crippen LogP contribution < -0.4 is 0 Å². The molecule has 1 unspecified atom stereocenters. The molecule has 3 heteroatoms. The Morgan fingerprint density at radius 2 is 2.14 bits per heavy atom. The molecule has 0 aromatic carbocycles. The molecular weight excluding hydrogens is 174 g/mol. The molecule has 3 nitrogen and oxygen atoms in total. The van der Waals surface area contributed by atoms with Crippen molar-refractivity contribution in [2.45, 2.75) is 38.8 Å². The summed E-state index contributed by atoms with van der Waals surface area (Å²) in [5.74, 6) is 0. The summed E-state index contributed by atoms with van der Waals surface area (Å²) < 4.78 is 2.23. The molecule has 1 aliphatic rings. The Morgan fingerprint density at radius 1 is 1.36 bits per heavy atom. The third-order valence-electron chi connectivity index (χ3n) is 3.06. The first-order chi connectivity index (χ1) is 6.57. The lowest BCUT2D eigenvalue weighted by atomic mass is 10.1. The molecule has 1 aromatic rings. The van der Waals surface area contributed by atoms with Gasteiger partial charge in [-0.1, -0.05) is 0 Å². The highest BCUT2D eigenvalue weighted by molar-refractivity contribution is 4.90. The fourth-order valence-corrected chi connectivity index (χ4v) is 2.08. The molecule has 0 radical (unpaired) electrons. The Hall–Kier alpha value is -0.830. The summed E-state index contributed by atoms with van der Waals surface area (Å²) in [5.41, 5.74) is 0.301. The molecule has 2 heterocycles. The molecule has 1 saturated heterocycles. The van der Waals surface area contributed by atoms with Crippen molar-refractivity contribution in [1.29, 1.82) is 0 Å². The molecule has 0 N–H and O–H groups in total. The predicted molar refractivity (Wildman–Crippen MR) is 57.2 cm³/mol. The van der Waals surface area contributed by atoms with Gasteiger partial charge < -0.3 is 4.57 Å². The highest BCUT2D eigenvalue weighted by Gasteiger charge is 2.30. The zero-order chi connectivity index (χ0) is 10.2. The van der Waals surface area contributed by atoms with E-state index in [1.54, 1.807) is 0 Å². The van der Waals surface area contributed by atoms with Gasteiger partial charge in [0.25, 0.3) is 0 Å². The topological polar surface area (TPSA) is 21.1 Å². The van der Waals surface area contributed by atoms with E-state index in [1.165, 1.54) is 13.0 Å². The quantitative estimate of drug-likeness (QED) is 0.679. The molecule has 2 rings (SSSR count). The van der Waals surface area contributed by atoms with Gasteiger partial charge in [-0.05, 0) is 27.2 Å². The monoisotopic (exact) mass is 193 g/mol. The van der Waals surface area contributed by atoms with E-state index in [2.05, 4.69) is 41.4 Å². The van der Waals surface area contributed by atoms with Crippen LogP contribution in [-0.2, 0) is 0 Å². The maximum absolute atomic E-state index is 4.10. The van der Waals surface area contributed by atoms with Crippen molar-refractivity contribution in [3.63, 3.8) is 0 Å². The highest BCUT2D eigenvalue weighted by atomic mass is 15.2. The minimum Gasteiger partial charge on any atom is -0.333 e. The summed E-state index contributed by atoms with van der Waals surface area (Å²) in [7, 11) is 0. The maximum Gasteiger partial charge on any atom is 0.0948 e. The number of imidazole rings is 1. The van der Waals surface area contributed by atoms with Crippen molar-refractivity contribution in [3.05, 3.63) is 18.7 Å². The minimum absolute atomic E-state index is 0.301. The first kappa shape index (κ1) is 9.71. The van der Waals surface area contributed by atoms with Gasteiger partial charge in [0.15, 0.2) is 0 Å². The number of rotatable bonds is 1. The van der Waals surface area contributed by atoms with Gasteiger partial charge in [-0.3, -0.25) is 4.90 Å². The number of hydrogen-bond donors (Lipinski definition) is 0. The standard InChI is InChI=1S/C11H19N3/c1-11(2,3)14-6-4-10(8-14)13-7-5-12-9-13/h5,7,9-10H,4,6,8H2,1-3H3. The van der Waals surface area contributed by atoms with Crippen LogP contribution in [0.3, 0.4) is 0 Å². The lowest BCUT2D eigenvalue weighted by molar-refractivity contribution is 0.168. The Morgan fingerprint density at radius 3 is 2.64 bits per heavy atom. The smallest absolute Gasteiger partial charge is 0.0948 e. The summed E-state index contributed by atoms with van der Waals surface area (Å²) >= 11 is 0. The number of aromatic nitrogens is 2. The van der Waals surface area contributed by atoms with Gasteiger partial charge >= 0.3 is 0 Å². The third kappa shape index (κ3) is 1.82. The summed E-state index contributed by atoms with van der Waals surface area (Å²) in [6, 6.07) is 0.622. The average molecular weight is 193 g/mol. The molecule has 78 valence electrons. The van der Waals surface area contributed by atoms with Gasteiger partial charge in [0.2, 0.25) is 0 Å². The van der Waals surface area contributed by atoms with Crippen LogP contribution in [-0.4, -0.2) is 33.1 Å². The van der Waals surface area contributed by atoms with E-state index in [-0.39, 0.29) is 0 Å². The number of hydrogen-bond acceptors (Lipinski definition) is 2. The van der Waals surface area contributed by atoms with Crippen molar-refractivity contribution in [1.82, 2.24) is 14.5 Å². The molecule has 1 fully saturated rings. The van der Waals surface area contributed by atoms with Crippen LogP contribution in [0.25, 0.3) is 0 Å². The average Bonchev–Trinajstić information content (AvgIpc) is 2.73. The second-order valence-electron chi connectivity index (χ2n) is 5.07. The first-order valence-electron chi connectivity index (χ1n) is 5.30. The third-order valence-corrected chi connectivity index (χ3v) is 3.06. The second kappa shape index (κ2) is 3.39. The van der Waals surface area contributed by atoms with Gasteiger partial charge in [0.1, 0.15) is 0 Å². The lowest BCUT2D eigenvalue weighted by Crippen LogP contribution is -2.39. The molecule has 14 heavy (non-hydrogen) atoms. The number of likely N-dealkylation sites (tertiary alicyclic amines) is 1. The van der Waals surface area contributed by atoms with Gasteiger partial charge in [0, 0.05) is 37.1 Å². The largest absolute Gasteiger partial charge is 0.333 e. The fourth-order valence-electron chi connectivity index (χ4n) is 2.08. The molecule has 0 aliphatic carbocycles. The Kier molecular flexibility index (Phi) is 2.35. The van der Waals surface area contributed by atoms with Crippen LogP contribution in [0.4, 0.5) is 0 Å². The normalized spacial score (nSPS) is 24.4. The molecule has 1 aliphatic heterocycles. The van der Waals surface area contributed by atoms with E-state index in [4.69, 9.17) is 0 Å². The molecule has 1 atom stereocenters. The minimum atomic E-state index is 0.301. The Bertz CT molecular complexity index is 284. The Balaban J connectivity index is 2.02. The molecule has 0 saturated carbocycles. The zero-order valence-electron chi connectivity index (χ0n) is 9.27. The summed E-state index contributed by atoms with van der Waals surface area (Å²) in [4.78, 5) is 6.64. The Labute approximate surface area is 85.7 Å². The maximum atomic E-state index is 4.10. The van der Waals surface area contributed by atoms with E-state index in [1.807, 2.05) is 12.5 Å². The van der Waals surface area contributed by atoms with Crippen LogP contribution in [0.1, 0.15) is 33.2 Å². The van der Waals surface area contributed by atoms with Crippen molar-refractivity contribution < 1.29 is 0 Å². The first-order valence-corrected chi connectivity index (χ1v) is 5.30. The summed E-state index contributed by atoms with van der Waals surface area (Å²) in [6.07, 6.45) is 7.10. The van der Waals surface area contributed by atoms with E-state index < -0.39 is 0 Å². The van der Waals surface area contributed by atoms with Crippen LogP contribution >= 0.6 is 0 Å². The summed E-state index contributed by atoms with van der Waals surface area (Å²) in [5, 5.41) is 0. The van der Waals surface area contributed by atoms with Gasteiger partial charge in [-0.25, -0.2) is 4.98 Å². The second-order valence-corrected chi connectivity index (χ2v) is 5.07. The van der Waals surface area contributed by atoms with Crippen molar-refractivity contribution in [2.24, 2.45) is 0 Å². The summed E-state index contributed by atoms with van der Waals surface area (Å²) in [6.45, 7) is 9.20. The molecule has 0 spiro atoms. The highest BCUT2D eigenvalue weighted by Crippen LogP contribution is 2.27. The van der Waals surface area contributed by atoms with E-state index in [0.717, 1.165) is 6.54 Å². The van der Waals surface area contributed by atoms with Crippen LogP contribution in [0.5, 0.6) is 0 Å². The molecular formula is C11H19N3. The van der Waals surface area contributed by atoms with Gasteiger partial charge in [-0.15, -0.1) is 0 Å². The molecule has 1 aromatic heterocycles. The molecule has 0 bridgehead atoms. The van der Waals surface area contributed by atoms with Crippen LogP contribution in [0.15, 0.2) is 18.7 Å². The van der Waals surface area contributed by atoms with Crippen molar-refractivity contribution in [2.75, 3.05) is 13.1 Å². The van der Waals surface area contributed by atoms with Crippen LogP contribution in [0.2, 0.25) is 0 Å². The SMILES string of the molecule is CC(C)(C)N1CCC(n2ccnc2)C1. The number of nitrogens with zero attached hydrogens (tertiary/aromatic N) is 3. The van der Waals surface area contributed by atoms with Gasteiger partial charge in [-0.2, -0.15) is 0 Å². The lowest BCUT2D eigenvalue weighted by Gasteiger charge is -2.31. The van der Waals surface area contributed by atoms with Crippen molar-refractivity contribution >= 4 is 0 Å². The predicted octanol–water partition coefficient (Wildman–Crippen LogP) is 1.93.